The van der Waals surface area contributed by atoms with Crippen molar-refractivity contribution in [1.82, 2.24) is 15.1 Å². The number of likely N-dealkylation sites (tertiary alicyclic amines) is 1. The molecule has 2 fully saturated rings. The summed E-state index contributed by atoms with van der Waals surface area (Å²) in [5.74, 6) is -3.05. The molecule has 0 aromatic heterocycles. The number of cyclic esters (lactones) is 1. The summed E-state index contributed by atoms with van der Waals surface area (Å²) in [6.07, 6.45) is 8.84. The largest absolute Gasteiger partial charge is 0.460 e. The van der Waals surface area contributed by atoms with Gasteiger partial charge in [0.15, 0.2) is 0 Å². The number of carbonyl (C=O) groups excluding carboxylic acids is 4. The monoisotopic (exact) mass is 503 g/mol. The minimum Gasteiger partial charge on any atom is -0.460 e. The van der Waals surface area contributed by atoms with E-state index in [1.165, 1.54) is 4.90 Å². The second-order valence-corrected chi connectivity index (χ2v) is 10.0. The second kappa shape index (κ2) is 11.1. The highest BCUT2D eigenvalue weighted by atomic mass is 16.6. The van der Waals surface area contributed by atoms with E-state index in [2.05, 4.69) is 5.32 Å². The Hall–Kier alpha value is -2.72. The van der Waals surface area contributed by atoms with Gasteiger partial charge in [0.25, 0.3) is 0 Å². The van der Waals surface area contributed by atoms with Gasteiger partial charge in [-0.15, -0.1) is 0 Å². The van der Waals surface area contributed by atoms with E-state index in [0.717, 1.165) is 12.8 Å². The summed E-state index contributed by atoms with van der Waals surface area (Å²) in [6, 6.07) is -0.929. The van der Waals surface area contributed by atoms with E-state index in [1.54, 1.807) is 24.0 Å². The maximum Gasteiger partial charge on any atom is 0.313 e. The fourth-order valence-electron chi connectivity index (χ4n) is 5.71. The van der Waals surface area contributed by atoms with Crippen LogP contribution in [-0.4, -0.2) is 95.2 Å². The average Bonchev–Trinajstić information content (AvgIpc) is 3.49. The highest BCUT2D eigenvalue weighted by Gasteiger charge is 2.73. The SMILES string of the molecule is CCCCN1C/C=C\CCC(=O)NC[C@H](C)OC(=O)[C@@H]2[C@H]3C(=O)N(CCCO)[C@H](C1=O)[C@]31C=C[C@H]2O1. The van der Waals surface area contributed by atoms with E-state index >= 15 is 0 Å². The minimum atomic E-state index is -1.25. The van der Waals surface area contributed by atoms with Crippen LogP contribution in [0.25, 0.3) is 0 Å². The molecule has 1 spiro atoms. The first kappa shape index (κ1) is 26.3. The lowest BCUT2D eigenvalue weighted by atomic mass is 9.74. The van der Waals surface area contributed by atoms with Crippen LogP contribution in [0.15, 0.2) is 24.3 Å². The van der Waals surface area contributed by atoms with Crippen LogP contribution in [0.3, 0.4) is 0 Å². The second-order valence-electron chi connectivity index (χ2n) is 10.0. The molecule has 6 atom stereocenters. The van der Waals surface area contributed by atoms with Gasteiger partial charge in [0.2, 0.25) is 17.7 Å². The molecule has 4 aliphatic rings. The Morgan fingerprint density at radius 2 is 1.94 bits per heavy atom. The first-order chi connectivity index (χ1) is 17.3. The first-order valence-electron chi connectivity index (χ1n) is 13.0. The van der Waals surface area contributed by atoms with Gasteiger partial charge in [-0.05, 0) is 26.2 Å². The van der Waals surface area contributed by atoms with E-state index in [4.69, 9.17) is 9.47 Å². The molecule has 4 rings (SSSR count). The number of ether oxygens (including phenoxy) is 2. The lowest BCUT2D eigenvalue weighted by Gasteiger charge is -2.36. The van der Waals surface area contributed by atoms with Crippen molar-refractivity contribution in [3.8, 4) is 0 Å². The molecule has 36 heavy (non-hydrogen) atoms. The van der Waals surface area contributed by atoms with Gasteiger partial charge in [-0.3, -0.25) is 19.2 Å². The number of carbonyl (C=O) groups is 4. The van der Waals surface area contributed by atoms with Crippen LogP contribution in [0.2, 0.25) is 0 Å². The number of unbranched alkanes of at least 4 members (excludes halogenated alkanes) is 1. The normalized spacial score (nSPS) is 35.7. The van der Waals surface area contributed by atoms with Gasteiger partial charge in [-0.25, -0.2) is 0 Å². The number of nitrogens with zero attached hydrogens (tertiary/aromatic N) is 2. The highest BCUT2D eigenvalue weighted by molar-refractivity contribution is 5.99. The van der Waals surface area contributed by atoms with Crippen LogP contribution < -0.4 is 5.32 Å². The maximum absolute atomic E-state index is 14.1. The van der Waals surface area contributed by atoms with E-state index < -0.39 is 41.7 Å². The van der Waals surface area contributed by atoms with Crippen molar-refractivity contribution in [2.24, 2.45) is 11.8 Å². The lowest BCUT2D eigenvalue weighted by molar-refractivity contribution is -0.158. The molecule has 2 saturated heterocycles. The zero-order valence-electron chi connectivity index (χ0n) is 21.1. The van der Waals surface area contributed by atoms with Crippen molar-refractivity contribution in [2.75, 3.05) is 32.8 Å². The summed E-state index contributed by atoms with van der Waals surface area (Å²) in [4.78, 5) is 56.5. The number of allylic oxidation sites excluding steroid dienone is 1. The van der Waals surface area contributed by atoms with Crippen LogP contribution in [0.1, 0.15) is 46.0 Å². The smallest absolute Gasteiger partial charge is 0.313 e. The molecule has 10 nitrogen and oxygen atoms in total. The number of aliphatic hydroxyl groups excluding tert-OH is 1. The van der Waals surface area contributed by atoms with Crippen molar-refractivity contribution in [1.29, 1.82) is 0 Å². The van der Waals surface area contributed by atoms with Crippen LogP contribution in [0, 0.1) is 11.8 Å². The van der Waals surface area contributed by atoms with Crippen LogP contribution in [-0.2, 0) is 28.7 Å². The van der Waals surface area contributed by atoms with Crippen molar-refractivity contribution in [2.45, 2.75) is 69.8 Å². The van der Waals surface area contributed by atoms with Gasteiger partial charge in [0.05, 0.1) is 18.6 Å². The zero-order chi connectivity index (χ0) is 25.9. The summed E-state index contributed by atoms with van der Waals surface area (Å²) < 4.78 is 11.9. The average molecular weight is 504 g/mol. The van der Waals surface area contributed by atoms with Gasteiger partial charge in [-0.1, -0.05) is 37.6 Å². The summed E-state index contributed by atoms with van der Waals surface area (Å²) >= 11 is 0. The highest BCUT2D eigenvalue weighted by Crippen LogP contribution is 2.55. The molecule has 0 unspecified atom stereocenters. The molecule has 0 aromatic carbocycles. The van der Waals surface area contributed by atoms with Crippen LogP contribution >= 0.6 is 0 Å². The van der Waals surface area contributed by atoms with Crippen molar-refractivity contribution in [3.05, 3.63) is 24.3 Å². The Morgan fingerprint density at radius 3 is 2.69 bits per heavy atom. The van der Waals surface area contributed by atoms with Crippen molar-refractivity contribution >= 4 is 23.7 Å². The fourth-order valence-corrected chi connectivity index (χ4v) is 5.71. The number of nitrogens with one attached hydrogen (secondary N) is 1. The summed E-state index contributed by atoms with van der Waals surface area (Å²) in [5.41, 5.74) is -1.25. The third-order valence-electron chi connectivity index (χ3n) is 7.46. The number of esters is 1. The van der Waals surface area contributed by atoms with E-state index in [9.17, 15) is 24.3 Å². The number of amides is 3. The van der Waals surface area contributed by atoms with Gasteiger partial charge >= 0.3 is 5.97 Å². The third kappa shape index (κ3) is 4.80. The Kier molecular flexibility index (Phi) is 8.14. The fraction of sp³-hybridized carbons (Fsp3) is 0.692. The zero-order valence-corrected chi connectivity index (χ0v) is 21.1. The topological polar surface area (TPSA) is 125 Å². The molecule has 0 aromatic rings. The van der Waals surface area contributed by atoms with Crippen LogP contribution in [0.4, 0.5) is 0 Å². The molecule has 3 amide bonds. The minimum absolute atomic E-state index is 0.126. The molecule has 5 bridgehead atoms. The van der Waals surface area contributed by atoms with Crippen LogP contribution in [0.5, 0.6) is 0 Å². The number of rotatable bonds is 6. The first-order valence-corrected chi connectivity index (χ1v) is 13.0. The summed E-state index contributed by atoms with van der Waals surface area (Å²) in [7, 11) is 0. The predicted octanol–water partition coefficient (Wildman–Crippen LogP) is 0.546. The van der Waals surface area contributed by atoms with Gasteiger partial charge in [0, 0.05) is 32.7 Å². The molecular formula is C26H37N3O7. The van der Waals surface area contributed by atoms with E-state index in [0.29, 0.717) is 32.4 Å². The number of aliphatic hydroxyl groups is 1. The third-order valence-corrected chi connectivity index (χ3v) is 7.46. The summed E-state index contributed by atoms with van der Waals surface area (Å²) in [5, 5.41) is 12.2. The van der Waals surface area contributed by atoms with Gasteiger partial charge < -0.3 is 29.7 Å². The molecule has 0 radical (unpaired) electrons. The lowest BCUT2D eigenvalue weighted by Crippen LogP contribution is -2.56. The quantitative estimate of drug-likeness (QED) is 0.400. The molecular weight excluding hydrogens is 466 g/mol. The number of fused-ring (bicyclic) bond motifs is 2. The molecule has 10 heteroatoms. The maximum atomic E-state index is 14.1. The standard InChI is InChI=1S/C26H37N3O7/c1-3-4-12-28-13-7-5-6-9-19(31)27-16-17(2)35-25(34)20-18-10-11-26(36-18)21(20)23(32)29(14-8-15-30)22(26)24(28)33/h5,7,10-11,17-18,20-22,30H,3-4,6,8-9,12-16H2,1-2H3,(H,27,31)/b7-5-/t17-,18+,20-,21-,22+,26-/m0/s1. The Bertz CT molecular complexity index is 934. The Balaban J connectivity index is 1.72. The van der Waals surface area contributed by atoms with E-state index in [-0.39, 0.29) is 37.4 Å². The molecule has 2 N–H and O–H groups in total. The van der Waals surface area contributed by atoms with Crippen molar-refractivity contribution in [3.63, 3.8) is 0 Å². The molecule has 4 heterocycles. The Labute approximate surface area is 211 Å². The van der Waals surface area contributed by atoms with Gasteiger partial charge in [-0.2, -0.15) is 0 Å². The van der Waals surface area contributed by atoms with E-state index in [1.807, 2.05) is 19.1 Å². The molecule has 198 valence electrons. The molecule has 0 aliphatic carbocycles. The predicted molar refractivity (Wildman–Crippen MR) is 129 cm³/mol. The number of hydrogen-bond acceptors (Lipinski definition) is 7. The van der Waals surface area contributed by atoms with Crippen molar-refractivity contribution < 1.29 is 33.8 Å². The number of hydrogen-bond donors (Lipinski definition) is 2. The Morgan fingerprint density at radius 1 is 1.14 bits per heavy atom. The molecule has 4 aliphatic heterocycles. The molecule has 0 saturated carbocycles. The summed E-state index contributed by atoms with van der Waals surface area (Å²) in [6.45, 7) is 4.81. The van der Waals surface area contributed by atoms with Gasteiger partial charge in [0.1, 0.15) is 23.7 Å².